The summed E-state index contributed by atoms with van der Waals surface area (Å²) < 4.78 is 0. The largest absolute Gasteiger partial charge is 0.326 e. The zero-order chi connectivity index (χ0) is 17.9. The Morgan fingerprint density at radius 1 is 1.12 bits per heavy atom. The van der Waals surface area contributed by atoms with Crippen molar-refractivity contribution in [3.05, 3.63) is 28.8 Å². The van der Waals surface area contributed by atoms with Gasteiger partial charge >= 0.3 is 0 Å². The van der Waals surface area contributed by atoms with Gasteiger partial charge in [0.2, 0.25) is 11.8 Å². The first-order valence-electron chi connectivity index (χ1n) is 8.31. The van der Waals surface area contributed by atoms with Gasteiger partial charge in [-0.25, -0.2) is 5.43 Å². The van der Waals surface area contributed by atoms with E-state index in [0.717, 1.165) is 37.0 Å². The van der Waals surface area contributed by atoms with E-state index in [1.54, 1.807) is 18.2 Å². The second-order valence-electron chi connectivity index (χ2n) is 5.80. The Labute approximate surface area is 148 Å². The highest BCUT2D eigenvalue weighted by Gasteiger charge is 2.09. The molecular weight excluding hydrogens is 326 g/mol. The van der Waals surface area contributed by atoms with Crippen LogP contribution in [0.25, 0.3) is 0 Å². The third-order valence-corrected chi connectivity index (χ3v) is 4.04. The van der Waals surface area contributed by atoms with Crippen molar-refractivity contribution in [3.63, 3.8) is 0 Å². The summed E-state index contributed by atoms with van der Waals surface area (Å²) in [6, 6.07) is 5.32. The van der Waals surface area contributed by atoms with Gasteiger partial charge in [0.1, 0.15) is 0 Å². The van der Waals surface area contributed by atoms with Crippen LogP contribution in [0.4, 0.5) is 5.69 Å². The lowest BCUT2D eigenvalue weighted by Gasteiger charge is -2.09. The highest BCUT2D eigenvalue weighted by atomic mass is 35.5. The summed E-state index contributed by atoms with van der Waals surface area (Å²) in [5.41, 5.74) is 4.87. The van der Waals surface area contributed by atoms with Gasteiger partial charge in [-0.2, -0.15) is 5.10 Å². The minimum atomic E-state index is -0.261. The highest BCUT2D eigenvalue weighted by Crippen LogP contribution is 2.23. The first-order valence-corrected chi connectivity index (χ1v) is 8.68. The van der Waals surface area contributed by atoms with Crippen LogP contribution in [0.3, 0.4) is 0 Å². The van der Waals surface area contributed by atoms with Crippen LogP contribution in [-0.4, -0.2) is 17.5 Å². The molecule has 1 rings (SSSR count). The molecule has 2 N–H and O–H groups in total. The van der Waals surface area contributed by atoms with Gasteiger partial charge in [0.05, 0.1) is 0 Å². The van der Waals surface area contributed by atoms with Crippen LogP contribution in [-0.2, 0) is 9.59 Å². The number of hydrogen-bond donors (Lipinski definition) is 2. The molecule has 0 aromatic heterocycles. The predicted molar refractivity (Wildman–Crippen MR) is 99.4 cm³/mol. The van der Waals surface area contributed by atoms with Gasteiger partial charge < -0.3 is 5.32 Å². The fraction of sp³-hybridized carbons (Fsp3) is 0.500. The number of carbonyl (C=O) groups is 2. The van der Waals surface area contributed by atoms with Gasteiger partial charge in [0.25, 0.3) is 0 Å². The molecule has 0 aliphatic carbocycles. The molecule has 132 valence electrons. The average molecular weight is 352 g/mol. The predicted octanol–water partition coefficient (Wildman–Crippen LogP) is 4.44. The zero-order valence-electron chi connectivity index (χ0n) is 14.6. The van der Waals surface area contributed by atoms with Crippen molar-refractivity contribution in [3.8, 4) is 0 Å². The van der Waals surface area contributed by atoms with Crippen LogP contribution in [0.5, 0.6) is 0 Å². The Hall–Kier alpha value is -1.88. The van der Waals surface area contributed by atoms with Crippen molar-refractivity contribution in [2.45, 2.75) is 59.3 Å². The standard InChI is InChI=1S/C18H26ClN3O2/c1-4-5-6-8-13(2)21-22-18(24)12-11-17(23)20-16-10-7-9-15(19)14(16)3/h7,9-10H,4-6,8,11-12H2,1-3H3,(H,20,23)(H,22,24)/b21-13+. The monoisotopic (exact) mass is 351 g/mol. The average Bonchev–Trinajstić information content (AvgIpc) is 2.55. The van der Waals surface area contributed by atoms with Crippen LogP contribution in [0, 0.1) is 6.92 Å². The Balaban J connectivity index is 2.34. The minimum Gasteiger partial charge on any atom is -0.326 e. The summed E-state index contributed by atoms with van der Waals surface area (Å²) in [5, 5.41) is 7.41. The van der Waals surface area contributed by atoms with Crippen molar-refractivity contribution in [1.82, 2.24) is 5.43 Å². The molecule has 0 aliphatic heterocycles. The fourth-order valence-corrected chi connectivity index (χ4v) is 2.26. The summed E-state index contributed by atoms with van der Waals surface area (Å²) in [5.74, 6) is -0.484. The first-order chi connectivity index (χ1) is 11.4. The number of amides is 2. The molecule has 0 saturated carbocycles. The third-order valence-electron chi connectivity index (χ3n) is 3.63. The Kier molecular flexibility index (Phi) is 9.08. The van der Waals surface area contributed by atoms with E-state index >= 15 is 0 Å². The topological polar surface area (TPSA) is 70.6 Å². The van der Waals surface area contributed by atoms with Crippen LogP contribution in [0.2, 0.25) is 5.02 Å². The molecule has 2 amide bonds. The molecule has 0 aliphatic rings. The number of rotatable bonds is 9. The van der Waals surface area contributed by atoms with E-state index in [0.29, 0.717) is 10.7 Å². The van der Waals surface area contributed by atoms with Crippen LogP contribution in [0.1, 0.15) is 57.9 Å². The quantitative estimate of drug-likeness (QED) is 0.392. The fourth-order valence-electron chi connectivity index (χ4n) is 2.08. The van der Waals surface area contributed by atoms with Crippen LogP contribution < -0.4 is 10.7 Å². The van der Waals surface area contributed by atoms with E-state index in [1.807, 2.05) is 13.8 Å². The number of unbranched alkanes of at least 4 members (excludes halogenated alkanes) is 2. The maximum atomic E-state index is 11.9. The van der Waals surface area contributed by atoms with Gasteiger partial charge in [-0.15, -0.1) is 0 Å². The summed E-state index contributed by atoms with van der Waals surface area (Å²) in [6.45, 7) is 5.87. The SMILES string of the molecule is CCCCC/C(C)=N/NC(=O)CCC(=O)Nc1cccc(Cl)c1C. The Morgan fingerprint density at radius 3 is 2.54 bits per heavy atom. The minimum absolute atomic E-state index is 0.0944. The summed E-state index contributed by atoms with van der Waals surface area (Å²) in [7, 11) is 0. The normalized spacial score (nSPS) is 11.2. The molecule has 0 spiro atoms. The molecule has 0 saturated heterocycles. The van der Waals surface area contributed by atoms with Gasteiger partial charge in [-0.1, -0.05) is 37.4 Å². The molecule has 0 bridgehead atoms. The molecule has 0 unspecified atom stereocenters. The number of hydrogen-bond acceptors (Lipinski definition) is 3. The zero-order valence-corrected chi connectivity index (χ0v) is 15.4. The van der Waals surface area contributed by atoms with E-state index < -0.39 is 0 Å². The van der Waals surface area contributed by atoms with Crippen molar-refractivity contribution in [2.75, 3.05) is 5.32 Å². The number of hydrazone groups is 1. The van der Waals surface area contributed by atoms with Crippen LogP contribution in [0.15, 0.2) is 23.3 Å². The maximum absolute atomic E-state index is 11.9. The lowest BCUT2D eigenvalue weighted by atomic mass is 10.1. The molecule has 6 heteroatoms. The molecule has 1 aromatic rings. The van der Waals surface area contributed by atoms with Crippen molar-refractivity contribution in [2.24, 2.45) is 5.10 Å². The number of anilines is 1. The number of halogens is 1. The van der Waals surface area contributed by atoms with E-state index in [4.69, 9.17) is 11.6 Å². The lowest BCUT2D eigenvalue weighted by molar-refractivity contribution is -0.124. The molecule has 24 heavy (non-hydrogen) atoms. The highest BCUT2D eigenvalue weighted by molar-refractivity contribution is 6.31. The van der Waals surface area contributed by atoms with E-state index in [2.05, 4.69) is 22.8 Å². The van der Waals surface area contributed by atoms with Gasteiger partial charge in [-0.05, 0) is 44.4 Å². The number of nitrogens with one attached hydrogen (secondary N) is 2. The second-order valence-corrected chi connectivity index (χ2v) is 6.21. The summed E-state index contributed by atoms with van der Waals surface area (Å²) in [6.07, 6.45) is 4.45. The van der Waals surface area contributed by atoms with Crippen molar-refractivity contribution >= 4 is 34.8 Å². The maximum Gasteiger partial charge on any atom is 0.240 e. The molecular formula is C18H26ClN3O2. The Bertz CT molecular complexity index is 600. The number of carbonyl (C=O) groups excluding carboxylic acids is 2. The smallest absolute Gasteiger partial charge is 0.240 e. The second kappa shape index (κ2) is 10.8. The molecule has 0 heterocycles. The lowest BCUT2D eigenvalue weighted by Crippen LogP contribution is -2.21. The van der Waals surface area contributed by atoms with Gasteiger partial charge in [-0.3, -0.25) is 9.59 Å². The van der Waals surface area contributed by atoms with E-state index in [1.165, 1.54) is 0 Å². The molecule has 0 fully saturated rings. The van der Waals surface area contributed by atoms with Crippen molar-refractivity contribution in [1.29, 1.82) is 0 Å². The number of nitrogens with zero attached hydrogens (tertiary/aromatic N) is 1. The summed E-state index contributed by atoms with van der Waals surface area (Å²) >= 11 is 6.01. The third kappa shape index (κ3) is 7.59. The summed E-state index contributed by atoms with van der Waals surface area (Å²) in [4.78, 5) is 23.7. The van der Waals surface area contributed by atoms with Crippen molar-refractivity contribution < 1.29 is 9.59 Å². The first kappa shape index (κ1) is 20.2. The van der Waals surface area contributed by atoms with Crippen LogP contribution >= 0.6 is 11.6 Å². The molecule has 0 radical (unpaired) electrons. The molecule has 5 nitrogen and oxygen atoms in total. The van der Waals surface area contributed by atoms with Gasteiger partial charge in [0.15, 0.2) is 0 Å². The van der Waals surface area contributed by atoms with E-state index in [-0.39, 0.29) is 24.7 Å². The van der Waals surface area contributed by atoms with Gasteiger partial charge in [0, 0.05) is 29.3 Å². The Morgan fingerprint density at radius 2 is 1.83 bits per heavy atom. The van der Waals surface area contributed by atoms with E-state index in [9.17, 15) is 9.59 Å². The number of benzene rings is 1. The molecule has 0 atom stereocenters. The molecule has 1 aromatic carbocycles.